The number of aromatic hydroxyl groups is 1. The molecule has 0 unspecified atom stereocenters. The van der Waals surface area contributed by atoms with Crippen LogP contribution in [0.1, 0.15) is 12.0 Å². The molecule has 96 valence electrons. The Labute approximate surface area is 109 Å². The predicted octanol–water partition coefficient (Wildman–Crippen LogP) is 2.43. The van der Waals surface area contributed by atoms with Gasteiger partial charge in [-0.05, 0) is 52.8 Å². The molecule has 0 bridgehead atoms. The smallest absolute Gasteiger partial charge is 0.121 e. The van der Waals surface area contributed by atoms with Crippen LogP contribution < -0.4 is 0 Å². The van der Waals surface area contributed by atoms with E-state index in [1.807, 2.05) is 13.1 Å². The highest BCUT2D eigenvalue weighted by atomic mass is 35.5. The normalized spacial score (nSPS) is 11.4. The second-order valence-corrected chi connectivity index (χ2v) is 5.04. The van der Waals surface area contributed by atoms with Crippen LogP contribution in [0.25, 0.3) is 0 Å². The lowest BCUT2D eigenvalue weighted by Gasteiger charge is -2.19. The topological polar surface area (TPSA) is 26.7 Å². The van der Waals surface area contributed by atoms with Crippen LogP contribution >= 0.6 is 11.6 Å². The zero-order valence-electron chi connectivity index (χ0n) is 10.8. The minimum Gasteiger partial charge on any atom is -0.508 e. The first-order valence-corrected chi connectivity index (χ1v) is 6.18. The molecule has 0 saturated carbocycles. The summed E-state index contributed by atoms with van der Waals surface area (Å²) in [7, 11) is 6.18. The van der Waals surface area contributed by atoms with E-state index >= 15 is 0 Å². The van der Waals surface area contributed by atoms with E-state index in [9.17, 15) is 5.11 Å². The number of nitrogens with zero attached hydrogens (tertiary/aromatic N) is 2. The van der Waals surface area contributed by atoms with E-state index in [0.29, 0.717) is 11.6 Å². The first-order chi connectivity index (χ1) is 8.00. The maximum atomic E-state index is 9.73. The summed E-state index contributed by atoms with van der Waals surface area (Å²) in [5.41, 5.74) is 0.807. The Kier molecular flexibility index (Phi) is 5.75. The third-order valence-electron chi connectivity index (χ3n) is 2.67. The Morgan fingerprint density at radius 3 is 2.47 bits per heavy atom. The molecule has 0 saturated heterocycles. The molecule has 17 heavy (non-hydrogen) atoms. The molecule has 0 heterocycles. The lowest BCUT2D eigenvalue weighted by molar-refractivity contribution is 0.291. The van der Waals surface area contributed by atoms with Crippen molar-refractivity contribution in [2.45, 2.75) is 13.0 Å². The monoisotopic (exact) mass is 256 g/mol. The quantitative estimate of drug-likeness (QED) is 0.847. The van der Waals surface area contributed by atoms with Gasteiger partial charge in [0.05, 0.1) is 0 Å². The molecule has 0 spiro atoms. The average molecular weight is 257 g/mol. The average Bonchev–Trinajstić information content (AvgIpc) is 2.23. The molecule has 0 atom stereocenters. The van der Waals surface area contributed by atoms with Gasteiger partial charge in [-0.1, -0.05) is 17.7 Å². The van der Waals surface area contributed by atoms with Crippen molar-refractivity contribution in [1.82, 2.24) is 9.80 Å². The summed E-state index contributed by atoms with van der Waals surface area (Å²) in [5.74, 6) is 0.275. The first-order valence-electron chi connectivity index (χ1n) is 5.80. The highest BCUT2D eigenvalue weighted by molar-refractivity contribution is 6.31. The van der Waals surface area contributed by atoms with Crippen molar-refractivity contribution < 1.29 is 5.11 Å². The van der Waals surface area contributed by atoms with Crippen molar-refractivity contribution in [3.8, 4) is 5.75 Å². The van der Waals surface area contributed by atoms with Crippen molar-refractivity contribution in [3.05, 3.63) is 28.8 Å². The molecule has 4 heteroatoms. The van der Waals surface area contributed by atoms with Gasteiger partial charge in [0.1, 0.15) is 5.75 Å². The number of hydrogen-bond acceptors (Lipinski definition) is 3. The summed E-state index contributed by atoms with van der Waals surface area (Å²) in [6, 6.07) is 5.24. The molecular formula is C13H21ClN2O. The van der Waals surface area contributed by atoms with Gasteiger partial charge in [-0.25, -0.2) is 0 Å². The number of halogens is 1. The van der Waals surface area contributed by atoms with E-state index in [2.05, 4.69) is 23.9 Å². The Balaban J connectivity index is 2.47. The summed E-state index contributed by atoms with van der Waals surface area (Å²) in [5, 5.41) is 10.4. The van der Waals surface area contributed by atoms with Crippen LogP contribution in [-0.4, -0.2) is 49.1 Å². The summed E-state index contributed by atoms with van der Waals surface area (Å²) in [4.78, 5) is 4.34. The summed E-state index contributed by atoms with van der Waals surface area (Å²) in [6.07, 6.45) is 1.11. The van der Waals surface area contributed by atoms with E-state index in [1.165, 1.54) is 0 Å². The summed E-state index contributed by atoms with van der Waals surface area (Å²) >= 11 is 6.06. The Hall–Kier alpha value is -0.770. The first kappa shape index (κ1) is 14.3. The van der Waals surface area contributed by atoms with Gasteiger partial charge < -0.3 is 14.9 Å². The molecule has 0 aliphatic carbocycles. The maximum absolute atomic E-state index is 9.73. The van der Waals surface area contributed by atoms with Gasteiger partial charge in [0.2, 0.25) is 0 Å². The van der Waals surface area contributed by atoms with Crippen LogP contribution in [0, 0.1) is 0 Å². The molecule has 1 aromatic carbocycles. The maximum Gasteiger partial charge on any atom is 0.121 e. The minimum atomic E-state index is 0.275. The molecule has 1 N–H and O–H groups in total. The van der Waals surface area contributed by atoms with Gasteiger partial charge in [0.25, 0.3) is 0 Å². The van der Waals surface area contributed by atoms with E-state index < -0.39 is 0 Å². The molecule has 0 aliphatic rings. The molecule has 0 amide bonds. The fourth-order valence-electron chi connectivity index (χ4n) is 1.71. The zero-order valence-corrected chi connectivity index (χ0v) is 11.5. The number of hydrogen-bond donors (Lipinski definition) is 1. The fourth-order valence-corrected chi connectivity index (χ4v) is 1.94. The van der Waals surface area contributed by atoms with Crippen molar-refractivity contribution in [3.63, 3.8) is 0 Å². The Morgan fingerprint density at radius 2 is 1.88 bits per heavy atom. The molecule has 0 fully saturated rings. The van der Waals surface area contributed by atoms with Crippen molar-refractivity contribution in [2.24, 2.45) is 0 Å². The van der Waals surface area contributed by atoms with Crippen LogP contribution in [0.2, 0.25) is 5.02 Å². The van der Waals surface area contributed by atoms with Gasteiger partial charge in [-0.15, -0.1) is 0 Å². The van der Waals surface area contributed by atoms with E-state index in [0.717, 1.165) is 25.1 Å². The number of rotatable bonds is 6. The minimum absolute atomic E-state index is 0.275. The lowest BCUT2D eigenvalue weighted by Crippen LogP contribution is -2.23. The largest absolute Gasteiger partial charge is 0.508 e. The second kappa shape index (κ2) is 6.84. The predicted molar refractivity (Wildman–Crippen MR) is 72.6 cm³/mol. The molecule has 3 nitrogen and oxygen atoms in total. The van der Waals surface area contributed by atoms with Gasteiger partial charge in [0.15, 0.2) is 0 Å². The van der Waals surface area contributed by atoms with Crippen molar-refractivity contribution in [2.75, 3.05) is 34.2 Å². The van der Waals surface area contributed by atoms with Crippen LogP contribution in [-0.2, 0) is 6.54 Å². The summed E-state index contributed by atoms with van der Waals surface area (Å²) in [6.45, 7) is 2.74. The van der Waals surface area contributed by atoms with Gasteiger partial charge in [-0.3, -0.25) is 0 Å². The second-order valence-electron chi connectivity index (χ2n) is 4.63. The molecule has 1 aromatic rings. The third-order valence-corrected chi connectivity index (χ3v) is 3.02. The standard InChI is InChI=1S/C13H21ClN2O/c1-15(2)8-5-9-16(3)10-11-12(14)6-4-7-13(11)17/h4,6-7,17H,5,8-10H2,1-3H3. The zero-order chi connectivity index (χ0) is 12.8. The van der Waals surface area contributed by atoms with Crippen LogP contribution in [0.5, 0.6) is 5.75 Å². The van der Waals surface area contributed by atoms with Crippen LogP contribution in [0.3, 0.4) is 0 Å². The lowest BCUT2D eigenvalue weighted by atomic mass is 10.2. The van der Waals surface area contributed by atoms with Gasteiger partial charge in [-0.2, -0.15) is 0 Å². The summed E-state index contributed by atoms with van der Waals surface area (Å²) < 4.78 is 0. The highest BCUT2D eigenvalue weighted by Crippen LogP contribution is 2.26. The van der Waals surface area contributed by atoms with E-state index in [4.69, 9.17) is 11.6 Å². The SMILES string of the molecule is CN(C)CCCN(C)Cc1c(O)cccc1Cl. The molecule has 0 radical (unpaired) electrons. The molecule has 0 aromatic heterocycles. The van der Waals surface area contributed by atoms with Crippen LogP contribution in [0.4, 0.5) is 0 Å². The number of phenols is 1. The Morgan fingerprint density at radius 1 is 1.18 bits per heavy atom. The van der Waals surface area contributed by atoms with E-state index in [-0.39, 0.29) is 5.75 Å². The number of benzene rings is 1. The molecular weight excluding hydrogens is 236 g/mol. The third kappa shape index (κ3) is 4.94. The highest BCUT2D eigenvalue weighted by Gasteiger charge is 2.08. The van der Waals surface area contributed by atoms with Gasteiger partial charge >= 0.3 is 0 Å². The molecule has 0 aliphatic heterocycles. The van der Waals surface area contributed by atoms with Crippen molar-refractivity contribution >= 4 is 11.6 Å². The molecule has 1 rings (SSSR count). The van der Waals surface area contributed by atoms with Crippen LogP contribution in [0.15, 0.2) is 18.2 Å². The Bertz CT molecular complexity index is 335. The van der Waals surface area contributed by atoms with Crippen molar-refractivity contribution in [1.29, 1.82) is 0 Å². The fraction of sp³-hybridized carbons (Fsp3) is 0.538. The van der Waals surface area contributed by atoms with E-state index in [1.54, 1.807) is 12.1 Å². The number of phenolic OH excluding ortho intramolecular Hbond substituents is 1. The van der Waals surface area contributed by atoms with Gasteiger partial charge in [0, 0.05) is 17.1 Å².